The van der Waals surface area contributed by atoms with Crippen molar-refractivity contribution in [3.63, 3.8) is 0 Å². The number of aromatic nitrogens is 2. The van der Waals surface area contributed by atoms with Crippen molar-refractivity contribution in [1.29, 1.82) is 5.26 Å². The molecule has 0 bridgehead atoms. The molecule has 3 aromatic rings. The van der Waals surface area contributed by atoms with Crippen molar-refractivity contribution in [2.75, 3.05) is 5.32 Å². The van der Waals surface area contributed by atoms with Gasteiger partial charge in [0.25, 0.3) is 0 Å². The molecule has 0 radical (unpaired) electrons. The van der Waals surface area contributed by atoms with Crippen LogP contribution < -0.4 is 5.32 Å². The van der Waals surface area contributed by atoms with Crippen LogP contribution in [0, 0.1) is 11.3 Å². The van der Waals surface area contributed by atoms with Gasteiger partial charge in [0.2, 0.25) is 0 Å². The number of anilines is 1. The Hall–Kier alpha value is -2.15. The molecule has 0 spiro atoms. The molecule has 5 heteroatoms. The molecule has 0 saturated carbocycles. The summed E-state index contributed by atoms with van der Waals surface area (Å²) in [6.07, 6.45) is 0. The van der Waals surface area contributed by atoms with E-state index in [2.05, 4.69) is 26.3 Å². The van der Waals surface area contributed by atoms with Crippen molar-refractivity contribution in [3.8, 4) is 6.07 Å². The van der Waals surface area contributed by atoms with E-state index in [9.17, 15) is 0 Å². The summed E-state index contributed by atoms with van der Waals surface area (Å²) in [7, 11) is 0. The standard InChI is InChI=1S/C15H12N4Se/c1-10(12-7-5-11(9-16)6-8-12)17-13-3-2-4-14-15(13)19-20-18-14/h2-8,10,17H,1H3. The number of hydrogen-bond acceptors (Lipinski definition) is 4. The van der Waals surface area contributed by atoms with Crippen LogP contribution in [0.25, 0.3) is 11.0 Å². The predicted octanol–water partition coefficient (Wildman–Crippen LogP) is 2.73. The van der Waals surface area contributed by atoms with Crippen molar-refractivity contribution in [2.45, 2.75) is 13.0 Å². The fraction of sp³-hybridized carbons (Fsp3) is 0.133. The van der Waals surface area contributed by atoms with Gasteiger partial charge in [-0.1, -0.05) is 0 Å². The molecule has 2 aromatic carbocycles. The molecule has 1 aromatic heterocycles. The second-order valence-electron chi connectivity index (χ2n) is 4.54. The van der Waals surface area contributed by atoms with Crippen LogP contribution in [-0.4, -0.2) is 22.9 Å². The van der Waals surface area contributed by atoms with E-state index in [1.807, 2.05) is 42.5 Å². The van der Waals surface area contributed by atoms with Gasteiger partial charge in [-0.15, -0.1) is 0 Å². The van der Waals surface area contributed by atoms with E-state index >= 15 is 0 Å². The van der Waals surface area contributed by atoms with Crippen molar-refractivity contribution >= 4 is 31.7 Å². The molecule has 1 heterocycles. The topological polar surface area (TPSA) is 61.6 Å². The summed E-state index contributed by atoms with van der Waals surface area (Å²) in [5, 5.41) is 12.3. The third kappa shape index (κ3) is 2.44. The molecule has 0 fully saturated rings. The molecule has 98 valence electrons. The summed E-state index contributed by atoms with van der Waals surface area (Å²) in [5.74, 6) is 0. The quantitative estimate of drug-likeness (QED) is 0.752. The second-order valence-corrected chi connectivity index (χ2v) is 5.65. The Bertz CT molecular complexity index is 770. The zero-order valence-corrected chi connectivity index (χ0v) is 12.6. The number of fused-ring (bicyclic) bond motifs is 1. The number of hydrogen-bond donors (Lipinski definition) is 1. The summed E-state index contributed by atoms with van der Waals surface area (Å²) in [6.45, 7) is 2.10. The minimum atomic E-state index is -0.0161. The van der Waals surface area contributed by atoms with Crippen molar-refractivity contribution in [3.05, 3.63) is 53.6 Å². The van der Waals surface area contributed by atoms with E-state index in [1.54, 1.807) is 0 Å². The van der Waals surface area contributed by atoms with Gasteiger partial charge in [0, 0.05) is 0 Å². The van der Waals surface area contributed by atoms with Gasteiger partial charge in [0.1, 0.15) is 0 Å². The second kappa shape index (κ2) is 5.46. The maximum absolute atomic E-state index is 8.82. The Morgan fingerprint density at radius 3 is 2.70 bits per heavy atom. The normalized spacial score (nSPS) is 12.0. The van der Waals surface area contributed by atoms with Gasteiger partial charge in [-0.05, 0) is 0 Å². The number of rotatable bonds is 3. The molecule has 20 heavy (non-hydrogen) atoms. The zero-order valence-electron chi connectivity index (χ0n) is 10.9. The van der Waals surface area contributed by atoms with Gasteiger partial charge in [0.15, 0.2) is 0 Å². The summed E-state index contributed by atoms with van der Waals surface area (Å²) in [5.41, 5.74) is 4.78. The average Bonchev–Trinajstić information content (AvgIpc) is 2.97. The molecule has 1 N–H and O–H groups in total. The third-order valence-electron chi connectivity index (χ3n) is 3.20. The van der Waals surface area contributed by atoms with E-state index in [1.165, 1.54) is 0 Å². The maximum atomic E-state index is 8.82. The molecule has 1 atom stereocenters. The van der Waals surface area contributed by atoms with Gasteiger partial charge < -0.3 is 0 Å². The molecular formula is C15H12N4Se. The van der Waals surface area contributed by atoms with E-state index in [4.69, 9.17) is 5.26 Å². The van der Waals surface area contributed by atoms with Crippen LogP contribution in [0.1, 0.15) is 24.1 Å². The van der Waals surface area contributed by atoms with Crippen LogP contribution >= 0.6 is 0 Å². The zero-order chi connectivity index (χ0) is 13.9. The SMILES string of the molecule is CC(Nc1cccc2n[se]nc12)c1ccc(C#N)cc1. The Labute approximate surface area is 123 Å². The monoisotopic (exact) mass is 328 g/mol. The predicted molar refractivity (Wildman–Crippen MR) is 79.7 cm³/mol. The number of benzene rings is 2. The van der Waals surface area contributed by atoms with Gasteiger partial charge in [-0.25, -0.2) is 0 Å². The number of nitrogens with zero attached hydrogens (tertiary/aromatic N) is 3. The van der Waals surface area contributed by atoms with E-state index < -0.39 is 0 Å². The fourth-order valence-corrected chi connectivity index (χ4v) is 3.24. The first-order valence-electron chi connectivity index (χ1n) is 6.26. The van der Waals surface area contributed by atoms with E-state index in [-0.39, 0.29) is 21.0 Å². The van der Waals surface area contributed by atoms with E-state index in [0.29, 0.717) is 5.56 Å². The summed E-state index contributed by atoms with van der Waals surface area (Å²) >= 11 is -0.0161. The molecule has 0 amide bonds. The summed E-state index contributed by atoms with van der Waals surface area (Å²) in [4.78, 5) is 0. The Balaban J connectivity index is 1.86. The van der Waals surface area contributed by atoms with Crippen LogP contribution in [0.5, 0.6) is 0 Å². The van der Waals surface area contributed by atoms with Gasteiger partial charge in [0.05, 0.1) is 0 Å². The molecule has 0 saturated heterocycles. The third-order valence-corrected chi connectivity index (χ3v) is 4.34. The Kier molecular flexibility index (Phi) is 3.51. The molecule has 4 nitrogen and oxygen atoms in total. The van der Waals surface area contributed by atoms with Crippen LogP contribution in [-0.2, 0) is 0 Å². The van der Waals surface area contributed by atoms with Crippen molar-refractivity contribution in [2.24, 2.45) is 0 Å². The molecule has 0 aliphatic carbocycles. The molecular weight excluding hydrogens is 315 g/mol. The Morgan fingerprint density at radius 1 is 1.15 bits per heavy atom. The van der Waals surface area contributed by atoms with Crippen LogP contribution in [0.15, 0.2) is 42.5 Å². The van der Waals surface area contributed by atoms with Crippen LogP contribution in [0.2, 0.25) is 0 Å². The first-order valence-corrected chi connectivity index (χ1v) is 7.79. The van der Waals surface area contributed by atoms with Crippen molar-refractivity contribution in [1.82, 2.24) is 7.96 Å². The van der Waals surface area contributed by atoms with Gasteiger partial charge >= 0.3 is 123 Å². The first-order chi connectivity index (χ1) is 9.78. The number of nitrogens with one attached hydrogen (secondary N) is 1. The van der Waals surface area contributed by atoms with E-state index in [0.717, 1.165) is 22.3 Å². The molecule has 0 aliphatic rings. The summed E-state index contributed by atoms with van der Waals surface area (Å²) < 4.78 is 8.85. The molecule has 3 rings (SSSR count). The summed E-state index contributed by atoms with van der Waals surface area (Å²) in [6, 6.07) is 15.9. The number of nitriles is 1. The van der Waals surface area contributed by atoms with Gasteiger partial charge in [-0.3, -0.25) is 0 Å². The fourth-order valence-electron chi connectivity index (χ4n) is 2.09. The Morgan fingerprint density at radius 2 is 1.95 bits per heavy atom. The molecule has 0 aliphatic heterocycles. The minimum absolute atomic E-state index is 0.0161. The average molecular weight is 327 g/mol. The van der Waals surface area contributed by atoms with Crippen LogP contribution in [0.4, 0.5) is 5.69 Å². The van der Waals surface area contributed by atoms with Gasteiger partial charge in [-0.2, -0.15) is 0 Å². The first kappa shape index (κ1) is 12.9. The van der Waals surface area contributed by atoms with Crippen LogP contribution in [0.3, 0.4) is 0 Å². The molecule has 1 unspecified atom stereocenters. The van der Waals surface area contributed by atoms with Crippen molar-refractivity contribution < 1.29 is 0 Å².